The van der Waals surface area contributed by atoms with E-state index in [4.69, 9.17) is 0 Å². The molecule has 334 valence electrons. The largest absolute Gasteiger partial charge is 0.354 e. The molecule has 3 fully saturated rings. The molecule has 1 heterocycles. The molecular weight excluding hydrogens is 795 g/mol. The molecule has 0 aromatic heterocycles. The Kier molecular flexibility index (Phi) is 18.3. The van der Waals surface area contributed by atoms with Gasteiger partial charge in [-0.15, -0.1) is 0 Å². The number of likely N-dealkylation sites (tertiary alicyclic amines) is 1. The number of benzene rings is 3. The Morgan fingerprint density at radius 2 is 1.16 bits per heavy atom. The maximum Gasteiger partial charge on any atom is 0.253 e. The van der Waals surface area contributed by atoms with Gasteiger partial charge >= 0.3 is 0 Å². The van der Waals surface area contributed by atoms with E-state index < -0.39 is 17.9 Å². The summed E-state index contributed by atoms with van der Waals surface area (Å²) in [5.74, 6) is -0.553. The Balaban J connectivity index is 1.02. The van der Waals surface area contributed by atoms with Crippen LogP contribution in [0.3, 0.4) is 0 Å². The summed E-state index contributed by atoms with van der Waals surface area (Å²) in [7, 11) is 0. The molecule has 0 radical (unpaired) electrons. The lowest BCUT2D eigenvalue weighted by atomic mass is 9.94. The van der Waals surface area contributed by atoms with Crippen molar-refractivity contribution in [2.24, 2.45) is 11.8 Å². The van der Waals surface area contributed by atoms with Gasteiger partial charge in [-0.05, 0) is 54.5 Å². The number of unbranched alkanes of at least 4 members (excludes halogenated alkanes) is 9. The zero-order chi connectivity index (χ0) is 43.7. The van der Waals surface area contributed by atoms with Crippen LogP contribution in [0.25, 0.3) is 0 Å². The van der Waals surface area contributed by atoms with E-state index in [0.29, 0.717) is 30.0 Å². The zero-order valence-corrected chi connectivity index (χ0v) is 37.8. The molecule has 1 aliphatic heterocycles. The molecule has 0 unspecified atom stereocenters. The van der Waals surface area contributed by atoms with E-state index in [1.54, 1.807) is 28.8 Å². The second kappa shape index (κ2) is 24.3. The second-order valence-corrected chi connectivity index (χ2v) is 18.7. The van der Waals surface area contributed by atoms with Crippen molar-refractivity contribution < 1.29 is 24.0 Å². The predicted octanol–water partition coefficient (Wildman–Crippen LogP) is 8.27. The molecule has 5 amide bonds. The number of carbonyl (C=O) groups is 5. The lowest BCUT2D eigenvalue weighted by molar-refractivity contribution is -0.133. The SMILES string of the molecule is CCCCCCCCCC(=O)N[C@H](CSCc1ccc(C(=O)N2C[C@@H](C(=O)N[C@H]3C[C@@H]3c3ccccc3)[C@H](C(=O)N[C@H]3C[C@@H]3c3ccccc3)C2)cc1)C(=O)NCCCCCC. The summed E-state index contributed by atoms with van der Waals surface area (Å²) in [5.41, 5.74) is 3.87. The fourth-order valence-electron chi connectivity index (χ4n) is 8.73. The summed E-state index contributed by atoms with van der Waals surface area (Å²) in [6, 6.07) is 27.2. The van der Waals surface area contributed by atoms with E-state index in [9.17, 15) is 24.0 Å². The van der Waals surface area contributed by atoms with Gasteiger partial charge in [0.25, 0.3) is 5.91 Å². The first-order valence-corrected chi connectivity index (χ1v) is 24.6. The van der Waals surface area contributed by atoms with Crippen LogP contribution >= 0.6 is 11.8 Å². The molecule has 2 saturated carbocycles. The Bertz CT molecular complexity index is 1820. The smallest absolute Gasteiger partial charge is 0.253 e. The Morgan fingerprint density at radius 1 is 0.645 bits per heavy atom. The van der Waals surface area contributed by atoms with Crippen molar-refractivity contribution in [3.63, 3.8) is 0 Å². The number of thioether (sulfide) groups is 1. The molecule has 3 aromatic rings. The van der Waals surface area contributed by atoms with Gasteiger partial charge in [0.15, 0.2) is 0 Å². The van der Waals surface area contributed by atoms with Crippen molar-refractivity contribution in [2.45, 2.75) is 139 Å². The summed E-state index contributed by atoms with van der Waals surface area (Å²) in [5, 5.41) is 12.5. The molecular formula is C51H69N5O5S. The van der Waals surface area contributed by atoms with Gasteiger partial charge in [-0.25, -0.2) is 0 Å². The molecule has 3 aromatic carbocycles. The van der Waals surface area contributed by atoms with Gasteiger partial charge in [-0.1, -0.05) is 144 Å². The maximum absolute atomic E-state index is 14.0. The Hall–Kier alpha value is -4.64. The summed E-state index contributed by atoms with van der Waals surface area (Å²) in [6.45, 7) is 5.30. The van der Waals surface area contributed by atoms with Gasteiger partial charge in [0.2, 0.25) is 23.6 Å². The number of hydrogen-bond donors (Lipinski definition) is 4. The lowest BCUT2D eigenvalue weighted by Gasteiger charge is -2.19. The van der Waals surface area contributed by atoms with Gasteiger partial charge in [0.05, 0.1) is 11.8 Å². The molecule has 10 nitrogen and oxygen atoms in total. The first-order chi connectivity index (χ1) is 30.2. The fourth-order valence-corrected chi connectivity index (χ4v) is 9.74. The number of carbonyl (C=O) groups excluding carboxylic acids is 5. The molecule has 62 heavy (non-hydrogen) atoms. The van der Waals surface area contributed by atoms with Crippen LogP contribution in [0.2, 0.25) is 0 Å². The Morgan fingerprint density at radius 3 is 1.71 bits per heavy atom. The van der Waals surface area contributed by atoms with Gasteiger partial charge in [0.1, 0.15) is 6.04 Å². The van der Waals surface area contributed by atoms with Crippen LogP contribution in [0, 0.1) is 11.8 Å². The molecule has 0 spiro atoms. The third-order valence-corrected chi connectivity index (χ3v) is 13.8. The van der Waals surface area contributed by atoms with E-state index in [1.807, 2.05) is 48.5 Å². The van der Waals surface area contributed by atoms with Crippen LogP contribution in [-0.4, -0.2) is 77.9 Å². The first kappa shape index (κ1) is 46.9. The minimum atomic E-state index is -0.655. The van der Waals surface area contributed by atoms with Crippen molar-refractivity contribution in [2.75, 3.05) is 25.4 Å². The summed E-state index contributed by atoms with van der Waals surface area (Å²) < 4.78 is 0. The molecule has 11 heteroatoms. The second-order valence-electron chi connectivity index (χ2n) is 17.7. The van der Waals surface area contributed by atoms with Crippen molar-refractivity contribution in [3.8, 4) is 0 Å². The molecule has 6 rings (SSSR count). The molecule has 7 atom stereocenters. The van der Waals surface area contributed by atoms with Gasteiger partial charge in [0, 0.05) is 67.0 Å². The fraction of sp³-hybridized carbons (Fsp3) is 0.549. The lowest BCUT2D eigenvalue weighted by Crippen LogP contribution is -2.48. The zero-order valence-electron chi connectivity index (χ0n) is 37.0. The number of amides is 5. The highest BCUT2D eigenvalue weighted by molar-refractivity contribution is 7.98. The van der Waals surface area contributed by atoms with Crippen LogP contribution in [0.15, 0.2) is 84.9 Å². The normalized spacial score (nSPS) is 21.7. The van der Waals surface area contributed by atoms with Crippen LogP contribution in [0.1, 0.15) is 143 Å². The quantitative estimate of drug-likeness (QED) is 0.0601. The maximum atomic E-state index is 14.0. The minimum Gasteiger partial charge on any atom is -0.354 e. The Labute approximate surface area is 373 Å². The highest BCUT2D eigenvalue weighted by Gasteiger charge is 2.49. The summed E-state index contributed by atoms with van der Waals surface area (Å²) >= 11 is 1.58. The van der Waals surface area contributed by atoms with E-state index >= 15 is 0 Å². The minimum absolute atomic E-state index is 0.0149. The standard InChI is InChI=1S/C51H69N5O5S/c1-3-5-7-9-10-11-18-24-47(57)53-46(50(60)52-29-19-8-6-4-2)35-62-34-36-25-27-39(28-26-36)51(61)56-32-42(48(58)54-44-30-40(44)37-20-14-12-15-21-37)43(33-56)49(59)55-45-31-41(45)38-22-16-13-17-23-38/h12-17,20-23,25-28,40-46H,3-11,18-19,24,29-35H2,1-2H3,(H,52,60)(H,53,57)(H,54,58)(H,55,59)/t40-,41-,42-,43-,44+,45+,46-/m1/s1. The third-order valence-electron chi connectivity index (χ3n) is 12.7. The van der Waals surface area contributed by atoms with Gasteiger partial charge in [-0.2, -0.15) is 11.8 Å². The number of nitrogens with one attached hydrogen (secondary N) is 4. The highest BCUT2D eigenvalue weighted by Crippen LogP contribution is 2.42. The molecule has 2 aliphatic carbocycles. The molecule has 0 bridgehead atoms. The van der Waals surface area contributed by atoms with Crippen molar-refractivity contribution in [3.05, 3.63) is 107 Å². The number of hydrogen-bond acceptors (Lipinski definition) is 6. The molecule has 3 aliphatic rings. The van der Waals surface area contributed by atoms with Crippen LogP contribution in [-0.2, 0) is 24.9 Å². The third kappa shape index (κ3) is 14.2. The average Bonchev–Trinajstić information content (AvgIpc) is 4.20. The van der Waals surface area contributed by atoms with Crippen molar-refractivity contribution in [1.29, 1.82) is 0 Å². The van der Waals surface area contributed by atoms with E-state index in [-0.39, 0.29) is 66.5 Å². The van der Waals surface area contributed by atoms with E-state index in [0.717, 1.165) is 63.4 Å². The predicted molar refractivity (Wildman–Crippen MR) is 249 cm³/mol. The van der Waals surface area contributed by atoms with Crippen LogP contribution < -0.4 is 21.3 Å². The summed E-state index contributed by atoms with van der Waals surface area (Å²) in [4.78, 5) is 69.6. The van der Waals surface area contributed by atoms with Gasteiger partial charge < -0.3 is 26.2 Å². The van der Waals surface area contributed by atoms with E-state index in [1.165, 1.54) is 36.8 Å². The molecule has 4 N–H and O–H groups in total. The number of rotatable bonds is 26. The summed E-state index contributed by atoms with van der Waals surface area (Å²) in [6.07, 6.45) is 14.3. The van der Waals surface area contributed by atoms with E-state index in [2.05, 4.69) is 59.4 Å². The van der Waals surface area contributed by atoms with Crippen LogP contribution in [0.5, 0.6) is 0 Å². The highest BCUT2D eigenvalue weighted by atomic mass is 32.2. The monoisotopic (exact) mass is 864 g/mol. The topological polar surface area (TPSA) is 137 Å². The number of nitrogens with zero attached hydrogens (tertiary/aromatic N) is 1. The van der Waals surface area contributed by atoms with Crippen molar-refractivity contribution >= 4 is 41.3 Å². The first-order valence-electron chi connectivity index (χ1n) is 23.5. The van der Waals surface area contributed by atoms with Gasteiger partial charge in [-0.3, -0.25) is 24.0 Å². The average molecular weight is 864 g/mol. The molecule has 1 saturated heterocycles. The van der Waals surface area contributed by atoms with Crippen molar-refractivity contribution in [1.82, 2.24) is 26.2 Å². The van der Waals surface area contributed by atoms with Crippen LogP contribution in [0.4, 0.5) is 0 Å².